The normalized spacial score (nSPS) is 27.6. The number of carbonyl (C=O) groups excluding carboxylic acids is 2. The minimum Gasteiger partial charge on any atom is -0.481 e. The van der Waals surface area contributed by atoms with Crippen LogP contribution in [0.15, 0.2) is 0 Å². The van der Waals surface area contributed by atoms with Gasteiger partial charge in [-0.2, -0.15) is 0 Å². The Kier molecular flexibility index (Phi) is 4.15. The maximum absolute atomic E-state index is 12.3. The van der Waals surface area contributed by atoms with E-state index in [-0.39, 0.29) is 30.3 Å². The number of nitrogens with zero attached hydrogens (tertiary/aromatic N) is 2. The number of nitrogens with two attached hydrogens (primary N) is 1. The molecule has 0 radical (unpaired) electrons. The van der Waals surface area contributed by atoms with Crippen molar-refractivity contribution >= 4 is 17.9 Å². The van der Waals surface area contributed by atoms with Gasteiger partial charge in [-0.05, 0) is 18.8 Å². The molecular weight excluding hydrogens is 262 g/mol. The summed E-state index contributed by atoms with van der Waals surface area (Å²) in [6.07, 6.45) is 1.18. The number of carbonyl (C=O) groups is 3. The molecule has 2 atom stereocenters. The maximum atomic E-state index is 12.3. The highest BCUT2D eigenvalue weighted by Crippen LogP contribution is 2.25. The molecule has 2 rings (SSSR count). The third kappa shape index (κ3) is 2.86. The van der Waals surface area contributed by atoms with Gasteiger partial charge in [0.05, 0.1) is 5.92 Å². The van der Waals surface area contributed by atoms with Crippen molar-refractivity contribution in [1.29, 1.82) is 0 Å². The first-order valence-electron chi connectivity index (χ1n) is 6.96. The molecule has 0 aromatic rings. The third-order valence-corrected chi connectivity index (χ3v) is 4.37. The van der Waals surface area contributed by atoms with Gasteiger partial charge in [-0.25, -0.2) is 4.79 Å². The third-order valence-electron chi connectivity index (χ3n) is 4.37. The van der Waals surface area contributed by atoms with Crippen molar-refractivity contribution in [3.63, 3.8) is 0 Å². The van der Waals surface area contributed by atoms with Crippen LogP contribution < -0.4 is 5.73 Å². The summed E-state index contributed by atoms with van der Waals surface area (Å²) in [5, 5.41) is 9.09. The van der Waals surface area contributed by atoms with Gasteiger partial charge in [0, 0.05) is 32.1 Å². The number of hydrogen-bond donors (Lipinski definition) is 2. The molecule has 0 aromatic heterocycles. The largest absolute Gasteiger partial charge is 0.481 e. The minimum atomic E-state index is -0.847. The summed E-state index contributed by atoms with van der Waals surface area (Å²) >= 11 is 0. The number of primary amides is 1. The molecule has 20 heavy (non-hydrogen) atoms. The van der Waals surface area contributed by atoms with Gasteiger partial charge in [-0.15, -0.1) is 0 Å². The maximum Gasteiger partial charge on any atom is 0.320 e. The zero-order valence-corrected chi connectivity index (χ0v) is 11.6. The van der Waals surface area contributed by atoms with Crippen molar-refractivity contribution in [2.45, 2.75) is 19.8 Å². The van der Waals surface area contributed by atoms with E-state index in [0.29, 0.717) is 32.5 Å². The summed E-state index contributed by atoms with van der Waals surface area (Å²) in [7, 11) is 0. The van der Waals surface area contributed by atoms with Gasteiger partial charge >= 0.3 is 12.0 Å². The second kappa shape index (κ2) is 5.68. The van der Waals surface area contributed by atoms with Gasteiger partial charge in [0.1, 0.15) is 0 Å². The van der Waals surface area contributed by atoms with Gasteiger partial charge in [0.15, 0.2) is 0 Å². The van der Waals surface area contributed by atoms with E-state index < -0.39 is 11.9 Å². The van der Waals surface area contributed by atoms with Crippen molar-refractivity contribution in [3.8, 4) is 0 Å². The van der Waals surface area contributed by atoms with Gasteiger partial charge in [0.2, 0.25) is 5.91 Å². The number of rotatable bonds is 2. The van der Waals surface area contributed by atoms with Crippen LogP contribution in [-0.4, -0.2) is 59.0 Å². The van der Waals surface area contributed by atoms with E-state index in [0.717, 1.165) is 0 Å². The molecule has 0 spiro atoms. The molecule has 0 aliphatic carbocycles. The number of amides is 3. The molecule has 3 N–H and O–H groups in total. The summed E-state index contributed by atoms with van der Waals surface area (Å²) in [6.45, 7) is 3.62. The lowest BCUT2D eigenvalue weighted by molar-refractivity contribution is -0.142. The SMILES string of the molecule is CC1CN(C(=O)N2CCC(C(N)=O)CC2)CC1C(=O)O. The van der Waals surface area contributed by atoms with Crippen LogP contribution in [-0.2, 0) is 9.59 Å². The Morgan fingerprint density at radius 1 is 1.10 bits per heavy atom. The Labute approximate surface area is 117 Å². The highest BCUT2D eigenvalue weighted by Gasteiger charge is 2.39. The van der Waals surface area contributed by atoms with Gasteiger partial charge in [0.25, 0.3) is 0 Å². The van der Waals surface area contributed by atoms with Gasteiger partial charge < -0.3 is 20.6 Å². The molecule has 7 heteroatoms. The van der Waals surface area contributed by atoms with E-state index in [1.54, 1.807) is 9.80 Å². The molecule has 0 saturated carbocycles. The molecule has 2 saturated heterocycles. The van der Waals surface area contributed by atoms with Crippen molar-refractivity contribution in [2.75, 3.05) is 26.2 Å². The number of hydrogen-bond acceptors (Lipinski definition) is 3. The Morgan fingerprint density at radius 3 is 2.15 bits per heavy atom. The Morgan fingerprint density at radius 2 is 1.70 bits per heavy atom. The summed E-state index contributed by atoms with van der Waals surface area (Å²) in [4.78, 5) is 37.8. The molecule has 7 nitrogen and oxygen atoms in total. The topological polar surface area (TPSA) is 104 Å². The first-order chi connectivity index (χ1) is 9.40. The predicted octanol–water partition coefficient (Wildman–Crippen LogP) is -0.0438. The molecule has 2 unspecified atom stereocenters. The quantitative estimate of drug-likeness (QED) is 0.741. The van der Waals surface area contributed by atoms with Crippen LogP contribution >= 0.6 is 0 Å². The van der Waals surface area contributed by atoms with E-state index in [2.05, 4.69) is 0 Å². The molecule has 2 heterocycles. The molecule has 2 aliphatic heterocycles. The van der Waals surface area contributed by atoms with Crippen LogP contribution in [0.4, 0.5) is 4.79 Å². The second-order valence-corrected chi connectivity index (χ2v) is 5.77. The average molecular weight is 283 g/mol. The number of aliphatic carboxylic acids is 1. The van der Waals surface area contributed by atoms with E-state index >= 15 is 0 Å². The highest BCUT2D eigenvalue weighted by molar-refractivity contribution is 5.79. The van der Waals surface area contributed by atoms with Gasteiger partial charge in [-0.1, -0.05) is 6.92 Å². The molecular formula is C13H21N3O4. The van der Waals surface area contributed by atoms with Crippen molar-refractivity contribution in [3.05, 3.63) is 0 Å². The Bertz CT molecular complexity index is 418. The fourth-order valence-electron chi connectivity index (χ4n) is 3.00. The molecule has 112 valence electrons. The van der Waals surface area contributed by atoms with E-state index in [4.69, 9.17) is 10.8 Å². The van der Waals surface area contributed by atoms with Crippen LogP contribution in [0.5, 0.6) is 0 Å². The summed E-state index contributed by atoms with van der Waals surface area (Å²) in [6, 6.07) is -0.122. The predicted molar refractivity (Wildman–Crippen MR) is 70.8 cm³/mol. The van der Waals surface area contributed by atoms with Gasteiger partial charge in [-0.3, -0.25) is 9.59 Å². The monoisotopic (exact) mass is 283 g/mol. The Balaban J connectivity index is 1.90. The van der Waals surface area contributed by atoms with Crippen LogP contribution in [0, 0.1) is 17.8 Å². The summed E-state index contributed by atoms with van der Waals surface area (Å²) in [5.74, 6) is -1.82. The standard InChI is InChI=1S/C13H21N3O4/c1-8-6-16(7-10(8)12(18)19)13(20)15-4-2-9(3-5-15)11(14)17/h8-10H,2-7H2,1H3,(H2,14,17)(H,18,19). The number of likely N-dealkylation sites (tertiary alicyclic amines) is 2. The molecule has 0 aromatic carbocycles. The van der Waals surface area contributed by atoms with E-state index in [1.165, 1.54) is 0 Å². The number of carboxylic acids is 1. The van der Waals surface area contributed by atoms with Crippen LogP contribution in [0.25, 0.3) is 0 Å². The van der Waals surface area contributed by atoms with Crippen molar-refractivity contribution in [1.82, 2.24) is 9.80 Å². The number of urea groups is 1. The summed E-state index contributed by atoms with van der Waals surface area (Å²) < 4.78 is 0. The zero-order valence-electron chi connectivity index (χ0n) is 11.6. The lowest BCUT2D eigenvalue weighted by atomic mass is 9.96. The fraction of sp³-hybridized carbons (Fsp3) is 0.769. The van der Waals surface area contributed by atoms with E-state index in [9.17, 15) is 14.4 Å². The second-order valence-electron chi connectivity index (χ2n) is 5.77. The Hall–Kier alpha value is -1.79. The van der Waals surface area contributed by atoms with Crippen LogP contribution in [0.3, 0.4) is 0 Å². The number of piperidine rings is 1. The first-order valence-corrected chi connectivity index (χ1v) is 6.96. The van der Waals surface area contributed by atoms with E-state index in [1.807, 2.05) is 6.92 Å². The summed E-state index contributed by atoms with van der Waals surface area (Å²) in [5.41, 5.74) is 5.26. The lowest BCUT2D eigenvalue weighted by Crippen LogP contribution is -2.47. The first kappa shape index (κ1) is 14.6. The number of carboxylic acid groups (broad SMARTS) is 1. The molecule has 0 bridgehead atoms. The minimum absolute atomic E-state index is 0.0281. The molecule has 2 fully saturated rings. The van der Waals surface area contributed by atoms with Crippen LogP contribution in [0.1, 0.15) is 19.8 Å². The lowest BCUT2D eigenvalue weighted by Gasteiger charge is -2.33. The average Bonchev–Trinajstić information content (AvgIpc) is 2.80. The zero-order chi connectivity index (χ0) is 14.9. The highest BCUT2D eigenvalue weighted by atomic mass is 16.4. The fourth-order valence-corrected chi connectivity index (χ4v) is 3.00. The smallest absolute Gasteiger partial charge is 0.320 e. The molecule has 2 aliphatic rings. The van der Waals surface area contributed by atoms with Crippen molar-refractivity contribution < 1.29 is 19.5 Å². The van der Waals surface area contributed by atoms with Crippen molar-refractivity contribution in [2.24, 2.45) is 23.5 Å². The van der Waals surface area contributed by atoms with Crippen LogP contribution in [0.2, 0.25) is 0 Å². The molecule has 3 amide bonds.